The largest absolute Gasteiger partial charge is 0.369 e. The van der Waals surface area contributed by atoms with E-state index in [1.54, 1.807) is 11.8 Å². The number of para-hydroxylation sites is 1. The van der Waals surface area contributed by atoms with Crippen molar-refractivity contribution in [1.29, 1.82) is 0 Å². The summed E-state index contributed by atoms with van der Waals surface area (Å²) in [6, 6.07) is 22.9. The van der Waals surface area contributed by atoms with E-state index in [4.69, 9.17) is 4.98 Å². The van der Waals surface area contributed by atoms with Gasteiger partial charge in [-0.15, -0.1) is 11.3 Å². The molecule has 1 amide bonds. The molecule has 1 aromatic heterocycles. The van der Waals surface area contributed by atoms with Crippen molar-refractivity contribution < 1.29 is 4.79 Å². The smallest absolute Gasteiger partial charge is 0.230 e. The normalized spacial score (nSPS) is 10.9. The van der Waals surface area contributed by atoms with Crippen LogP contribution in [-0.4, -0.2) is 17.9 Å². The Morgan fingerprint density at radius 1 is 1.00 bits per heavy atom. The number of aryl methyl sites for hydroxylation is 1. The van der Waals surface area contributed by atoms with Gasteiger partial charge in [0, 0.05) is 25.0 Å². The lowest BCUT2D eigenvalue weighted by Gasteiger charge is -2.21. The summed E-state index contributed by atoms with van der Waals surface area (Å²) in [6.07, 6.45) is 0.864. The van der Waals surface area contributed by atoms with Gasteiger partial charge in [0.25, 0.3) is 0 Å². The van der Waals surface area contributed by atoms with Crippen LogP contribution in [0.15, 0.2) is 72.1 Å². The van der Waals surface area contributed by atoms with E-state index < -0.39 is 0 Å². The van der Waals surface area contributed by atoms with E-state index in [1.165, 1.54) is 22.1 Å². The summed E-state index contributed by atoms with van der Waals surface area (Å²) in [5.41, 5.74) is 4.14. The Bertz CT molecular complexity index is 1180. The molecule has 0 unspecified atom stereocenters. The fourth-order valence-corrected chi connectivity index (χ4v) is 4.53. The van der Waals surface area contributed by atoms with Crippen molar-refractivity contribution in [1.82, 2.24) is 4.98 Å². The molecular formula is C25H25N3OS. The molecule has 1 heterocycles. The summed E-state index contributed by atoms with van der Waals surface area (Å²) in [5, 5.41) is 5.21. The van der Waals surface area contributed by atoms with Crippen LogP contribution in [0.5, 0.6) is 0 Å². The first-order valence-electron chi connectivity index (χ1n) is 10.1. The highest BCUT2D eigenvalue weighted by molar-refractivity contribution is 7.14. The standard InChI is InChI=1S/C25H25N3OS/c1-4-19-9-7-8-12-24(19)28(18(2)29)25-26-22(17-30-25)16-27(3)23-14-13-20-10-5-6-11-21(20)15-23/h5-15,17H,4,16H2,1-3H3. The third-order valence-electron chi connectivity index (χ3n) is 5.23. The van der Waals surface area contributed by atoms with Crippen LogP contribution in [0.3, 0.4) is 0 Å². The number of fused-ring (bicyclic) bond motifs is 1. The first kappa shape index (κ1) is 20.1. The van der Waals surface area contributed by atoms with Gasteiger partial charge in [0.15, 0.2) is 5.13 Å². The lowest BCUT2D eigenvalue weighted by molar-refractivity contribution is -0.115. The Hall–Kier alpha value is -3.18. The number of carbonyl (C=O) groups is 1. The Kier molecular flexibility index (Phi) is 5.81. The summed E-state index contributed by atoms with van der Waals surface area (Å²) in [7, 11) is 2.07. The molecule has 0 aliphatic heterocycles. The number of aromatic nitrogens is 1. The zero-order valence-corrected chi connectivity index (χ0v) is 18.3. The summed E-state index contributed by atoms with van der Waals surface area (Å²) >= 11 is 1.51. The van der Waals surface area contributed by atoms with Crippen molar-refractivity contribution in [2.75, 3.05) is 16.8 Å². The van der Waals surface area contributed by atoms with Crippen LogP contribution < -0.4 is 9.80 Å². The number of hydrogen-bond acceptors (Lipinski definition) is 4. The van der Waals surface area contributed by atoms with Crippen LogP contribution in [0.25, 0.3) is 10.8 Å². The number of anilines is 3. The molecule has 30 heavy (non-hydrogen) atoms. The molecule has 152 valence electrons. The molecule has 4 nitrogen and oxygen atoms in total. The van der Waals surface area contributed by atoms with E-state index in [0.717, 1.165) is 29.1 Å². The summed E-state index contributed by atoms with van der Waals surface area (Å²) in [4.78, 5) is 21.2. The number of benzene rings is 3. The Morgan fingerprint density at radius 2 is 1.73 bits per heavy atom. The minimum absolute atomic E-state index is 0.0281. The Morgan fingerprint density at radius 3 is 2.50 bits per heavy atom. The third-order valence-corrected chi connectivity index (χ3v) is 6.11. The number of amides is 1. The van der Waals surface area contributed by atoms with Crippen LogP contribution in [-0.2, 0) is 17.8 Å². The average molecular weight is 416 g/mol. The molecule has 0 bridgehead atoms. The van der Waals surface area contributed by atoms with Gasteiger partial charge >= 0.3 is 0 Å². The lowest BCUT2D eigenvalue weighted by Crippen LogP contribution is -2.24. The van der Waals surface area contributed by atoms with E-state index >= 15 is 0 Å². The maximum absolute atomic E-state index is 12.5. The highest BCUT2D eigenvalue weighted by atomic mass is 32.1. The zero-order valence-electron chi connectivity index (χ0n) is 17.5. The van der Waals surface area contributed by atoms with E-state index in [1.807, 2.05) is 23.6 Å². The fraction of sp³-hybridized carbons (Fsp3) is 0.200. The maximum Gasteiger partial charge on any atom is 0.230 e. The van der Waals surface area contributed by atoms with Crippen LogP contribution >= 0.6 is 11.3 Å². The summed E-state index contributed by atoms with van der Waals surface area (Å²) in [6.45, 7) is 4.37. The topological polar surface area (TPSA) is 36.4 Å². The minimum atomic E-state index is -0.0281. The van der Waals surface area contributed by atoms with Crippen molar-refractivity contribution in [2.45, 2.75) is 26.8 Å². The van der Waals surface area contributed by atoms with Gasteiger partial charge in [0.1, 0.15) is 0 Å². The number of hydrogen-bond donors (Lipinski definition) is 0. The van der Waals surface area contributed by atoms with Crippen molar-refractivity contribution in [3.8, 4) is 0 Å². The Balaban J connectivity index is 1.58. The van der Waals surface area contributed by atoms with E-state index in [2.05, 4.69) is 67.4 Å². The van der Waals surface area contributed by atoms with Crippen molar-refractivity contribution in [3.63, 3.8) is 0 Å². The van der Waals surface area contributed by atoms with Gasteiger partial charge in [-0.25, -0.2) is 4.98 Å². The van der Waals surface area contributed by atoms with Crippen LogP contribution in [0.1, 0.15) is 25.1 Å². The lowest BCUT2D eigenvalue weighted by atomic mass is 10.1. The van der Waals surface area contributed by atoms with Gasteiger partial charge in [-0.2, -0.15) is 0 Å². The molecule has 0 saturated heterocycles. The fourth-order valence-electron chi connectivity index (χ4n) is 3.66. The zero-order chi connectivity index (χ0) is 21.1. The van der Waals surface area contributed by atoms with Crippen molar-refractivity contribution in [3.05, 3.63) is 83.4 Å². The number of carbonyl (C=O) groups excluding carboxylic acids is 1. The molecule has 4 aromatic rings. The van der Waals surface area contributed by atoms with Crippen LogP contribution in [0, 0.1) is 0 Å². The van der Waals surface area contributed by atoms with Gasteiger partial charge in [0.2, 0.25) is 5.91 Å². The minimum Gasteiger partial charge on any atom is -0.369 e. The maximum atomic E-state index is 12.5. The van der Waals surface area contributed by atoms with Gasteiger partial charge in [-0.1, -0.05) is 55.5 Å². The summed E-state index contributed by atoms with van der Waals surface area (Å²) in [5.74, 6) is -0.0281. The van der Waals surface area contributed by atoms with Crippen LogP contribution in [0.4, 0.5) is 16.5 Å². The second kappa shape index (κ2) is 8.67. The van der Waals surface area contributed by atoms with Gasteiger partial charge in [-0.3, -0.25) is 9.69 Å². The molecule has 0 fully saturated rings. The second-order valence-corrected chi connectivity index (χ2v) is 8.18. The highest BCUT2D eigenvalue weighted by Gasteiger charge is 2.20. The first-order valence-corrected chi connectivity index (χ1v) is 11.0. The number of nitrogens with zero attached hydrogens (tertiary/aromatic N) is 3. The average Bonchev–Trinajstić information content (AvgIpc) is 3.21. The predicted octanol–water partition coefficient (Wildman–Crippen LogP) is 6.18. The number of rotatable bonds is 6. The molecule has 0 N–H and O–H groups in total. The van der Waals surface area contributed by atoms with E-state index in [9.17, 15) is 4.79 Å². The monoisotopic (exact) mass is 415 g/mol. The molecule has 4 rings (SSSR count). The van der Waals surface area contributed by atoms with Crippen molar-refractivity contribution in [2.24, 2.45) is 0 Å². The quantitative estimate of drug-likeness (QED) is 0.377. The molecule has 0 atom stereocenters. The van der Waals surface area contributed by atoms with Gasteiger partial charge in [0.05, 0.1) is 17.9 Å². The first-order chi connectivity index (χ1) is 14.6. The Labute approximate surface area is 181 Å². The van der Waals surface area contributed by atoms with Gasteiger partial charge < -0.3 is 4.90 Å². The molecule has 0 aliphatic carbocycles. The molecular weight excluding hydrogens is 390 g/mol. The highest BCUT2D eigenvalue weighted by Crippen LogP contribution is 2.32. The van der Waals surface area contributed by atoms with Crippen molar-refractivity contribution >= 4 is 44.5 Å². The predicted molar refractivity (Wildman–Crippen MR) is 127 cm³/mol. The molecule has 0 spiro atoms. The molecule has 0 saturated carbocycles. The molecule has 5 heteroatoms. The molecule has 3 aromatic carbocycles. The molecule has 0 radical (unpaired) electrons. The third kappa shape index (κ3) is 4.07. The van der Waals surface area contributed by atoms with E-state index in [0.29, 0.717) is 11.7 Å². The number of thiazole rings is 1. The summed E-state index contributed by atoms with van der Waals surface area (Å²) < 4.78 is 0. The van der Waals surface area contributed by atoms with Crippen LogP contribution in [0.2, 0.25) is 0 Å². The second-order valence-electron chi connectivity index (χ2n) is 7.35. The SMILES string of the molecule is CCc1ccccc1N(C(C)=O)c1nc(CN(C)c2ccc3ccccc3c2)cs1. The van der Waals surface area contributed by atoms with Gasteiger partial charge in [-0.05, 0) is 41.0 Å². The van der Waals surface area contributed by atoms with E-state index in [-0.39, 0.29) is 5.91 Å². The molecule has 0 aliphatic rings.